The summed E-state index contributed by atoms with van der Waals surface area (Å²) in [5.41, 5.74) is 0. The lowest BCUT2D eigenvalue weighted by molar-refractivity contribution is -0.169. The summed E-state index contributed by atoms with van der Waals surface area (Å²) in [6.07, 6.45) is 1.69. The number of carbonyl (C=O) groups is 1. The van der Waals surface area contributed by atoms with E-state index in [1.807, 2.05) is 0 Å². The van der Waals surface area contributed by atoms with Crippen LogP contribution < -0.4 is 0 Å². The molecule has 1 aliphatic carbocycles. The molecule has 0 atom stereocenters. The van der Waals surface area contributed by atoms with E-state index in [4.69, 9.17) is 9.66 Å². The van der Waals surface area contributed by atoms with E-state index in [-0.39, 0.29) is 12.5 Å². The van der Waals surface area contributed by atoms with Crippen LogP contribution in [0.5, 0.6) is 0 Å². The van der Waals surface area contributed by atoms with E-state index in [9.17, 15) is 22.0 Å². The molecule has 1 saturated carbocycles. The Morgan fingerprint density at radius 2 is 1.79 bits per heavy atom. The normalized spacial score (nSPS) is 25.1. The Kier molecular flexibility index (Phi) is 5.22. The highest BCUT2D eigenvalue weighted by atomic mass is 32.2. The van der Waals surface area contributed by atoms with Gasteiger partial charge in [-0.2, -0.15) is 17.2 Å². The minimum absolute atomic E-state index is 0.0376. The van der Waals surface area contributed by atoms with Gasteiger partial charge in [0, 0.05) is 6.61 Å². The first-order valence-electron chi connectivity index (χ1n) is 5.85. The molecule has 0 unspecified atom stereocenters. The van der Waals surface area contributed by atoms with Crippen LogP contribution in [-0.2, 0) is 19.6 Å². The van der Waals surface area contributed by atoms with Crippen LogP contribution in [0.1, 0.15) is 32.1 Å². The Morgan fingerprint density at radius 1 is 1.26 bits per heavy atom. The van der Waals surface area contributed by atoms with E-state index in [2.05, 4.69) is 4.74 Å². The Morgan fingerprint density at radius 3 is 2.21 bits per heavy atom. The van der Waals surface area contributed by atoms with Crippen molar-refractivity contribution in [1.29, 1.82) is 0 Å². The quantitative estimate of drug-likeness (QED) is 0.579. The molecule has 0 radical (unpaired) electrons. The van der Waals surface area contributed by atoms with Gasteiger partial charge < -0.3 is 9.84 Å². The maximum atomic E-state index is 12.9. The van der Waals surface area contributed by atoms with E-state index in [1.54, 1.807) is 0 Å². The third-order valence-corrected chi connectivity index (χ3v) is 3.98. The standard InChI is InChI=1S/C10H16F2O6S/c11-10(12,19(15,16)17)9(14)18-8-3-1-7(2-4-8)5-6-13/h7-8,13H,1-6H2,(H,15,16,17). The van der Waals surface area contributed by atoms with Crippen molar-refractivity contribution in [1.82, 2.24) is 0 Å². The molecule has 9 heteroatoms. The number of carbonyl (C=O) groups excluding carboxylic acids is 1. The SMILES string of the molecule is O=C(OC1CCC(CCO)CC1)C(F)(F)S(=O)(=O)O. The minimum Gasteiger partial charge on any atom is -0.457 e. The first-order chi connectivity index (χ1) is 8.68. The number of aliphatic hydroxyl groups is 1. The van der Waals surface area contributed by atoms with Gasteiger partial charge in [0.25, 0.3) is 0 Å². The summed E-state index contributed by atoms with van der Waals surface area (Å²) in [5, 5.41) is 3.81. The van der Waals surface area contributed by atoms with Crippen LogP contribution in [-0.4, -0.2) is 42.0 Å². The fourth-order valence-electron chi connectivity index (χ4n) is 2.05. The molecule has 0 heterocycles. The Balaban J connectivity index is 2.52. The summed E-state index contributed by atoms with van der Waals surface area (Å²) in [7, 11) is -5.81. The molecular weight excluding hydrogens is 286 g/mol. The fourth-order valence-corrected chi connectivity index (χ4v) is 2.30. The van der Waals surface area contributed by atoms with Gasteiger partial charge in [0.15, 0.2) is 0 Å². The summed E-state index contributed by atoms with van der Waals surface area (Å²) in [4.78, 5) is 11.0. The molecule has 0 aromatic rings. The minimum atomic E-state index is -5.81. The zero-order chi connectivity index (χ0) is 14.7. The lowest BCUT2D eigenvalue weighted by Crippen LogP contribution is -2.41. The first-order valence-corrected chi connectivity index (χ1v) is 7.29. The van der Waals surface area contributed by atoms with Crippen molar-refractivity contribution < 1.29 is 36.4 Å². The van der Waals surface area contributed by atoms with Crippen molar-refractivity contribution in [2.45, 2.75) is 43.5 Å². The summed E-state index contributed by atoms with van der Waals surface area (Å²) < 4.78 is 59.2. The largest absolute Gasteiger partial charge is 0.465 e. The molecule has 0 aromatic heterocycles. The van der Waals surface area contributed by atoms with Gasteiger partial charge in [-0.15, -0.1) is 0 Å². The highest BCUT2D eigenvalue weighted by molar-refractivity contribution is 7.87. The average molecular weight is 302 g/mol. The predicted molar refractivity (Wildman–Crippen MR) is 60.0 cm³/mol. The second-order valence-electron chi connectivity index (χ2n) is 4.55. The number of halogens is 2. The average Bonchev–Trinajstić information content (AvgIpc) is 2.30. The zero-order valence-electron chi connectivity index (χ0n) is 10.1. The molecule has 0 aliphatic heterocycles. The number of alkyl halides is 2. The molecule has 6 nitrogen and oxygen atoms in total. The van der Waals surface area contributed by atoms with Crippen LogP contribution in [0.2, 0.25) is 0 Å². The maximum Gasteiger partial charge on any atom is 0.465 e. The van der Waals surface area contributed by atoms with E-state index in [1.165, 1.54) is 0 Å². The van der Waals surface area contributed by atoms with Crippen LogP contribution in [0.15, 0.2) is 0 Å². The zero-order valence-corrected chi connectivity index (χ0v) is 10.9. The molecule has 1 aliphatic rings. The summed E-state index contributed by atoms with van der Waals surface area (Å²) in [6, 6.07) is 0. The molecule has 0 bridgehead atoms. The van der Waals surface area contributed by atoms with Crippen LogP contribution in [0.3, 0.4) is 0 Å². The first kappa shape index (κ1) is 16.3. The van der Waals surface area contributed by atoms with Crippen molar-refractivity contribution in [2.75, 3.05) is 6.61 Å². The van der Waals surface area contributed by atoms with Gasteiger partial charge in [0.05, 0.1) is 0 Å². The molecule has 19 heavy (non-hydrogen) atoms. The van der Waals surface area contributed by atoms with Crippen molar-refractivity contribution in [3.63, 3.8) is 0 Å². The third kappa shape index (κ3) is 4.08. The van der Waals surface area contributed by atoms with Crippen LogP contribution in [0.4, 0.5) is 8.78 Å². The third-order valence-electron chi connectivity index (χ3n) is 3.17. The van der Waals surface area contributed by atoms with Gasteiger partial charge in [-0.1, -0.05) is 0 Å². The molecule has 0 aromatic carbocycles. The number of aliphatic hydroxyl groups excluding tert-OH is 1. The maximum absolute atomic E-state index is 12.9. The summed E-state index contributed by atoms with van der Waals surface area (Å²) in [5.74, 6) is -2.00. The highest BCUT2D eigenvalue weighted by Crippen LogP contribution is 2.30. The Hall–Kier alpha value is -0.800. The lowest BCUT2D eigenvalue weighted by Gasteiger charge is -2.28. The summed E-state index contributed by atoms with van der Waals surface area (Å²) >= 11 is 0. The number of ether oxygens (including phenoxy) is 1. The van der Waals surface area contributed by atoms with Gasteiger partial charge >= 0.3 is 21.3 Å². The molecule has 1 fully saturated rings. The molecule has 0 saturated heterocycles. The van der Waals surface area contributed by atoms with Crippen LogP contribution in [0, 0.1) is 5.92 Å². The van der Waals surface area contributed by atoms with Gasteiger partial charge in [0.2, 0.25) is 0 Å². The number of hydrogen-bond acceptors (Lipinski definition) is 5. The fraction of sp³-hybridized carbons (Fsp3) is 0.900. The van der Waals surface area contributed by atoms with E-state index in [0.29, 0.717) is 32.1 Å². The molecule has 0 amide bonds. The van der Waals surface area contributed by atoms with E-state index >= 15 is 0 Å². The van der Waals surface area contributed by atoms with E-state index < -0.39 is 27.4 Å². The second kappa shape index (κ2) is 6.10. The van der Waals surface area contributed by atoms with Crippen LogP contribution in [0.25, 0.3) is 0 Å². The summed E-state index contributed by atoms with van der Waals surface area (Å²) in [6.45, 7) is 0.0376. The Labute approximate surface area is 109 Å². The number of hydrogen-bond donors (Lipinski definition) is 2. The number of esters is 1. The van der Waals surface area contributed by atoms with Crippen molar-refractivity contribution in [3.8, 4) is 0 Å². The molecule has 0 spiro atoms. The van der Waals surface area contributed by atoms with Gasteiger partial charge in [-0.25, -0.2) is 4.79 Å². The van der Waals surface area contributed by atoms with E-state index in [0.717, 1.165) is 0 Å². The molecule has 1 rings (SSSR count). The van der Waals surface area contributed by atoms with Gasteiger partial charge in [0.1, 0.15) is 6.10 Å². The molecular formula is C10H16F2O6S. The van der Waals surface area contributed by atoms with Crippen molar-refractivity contribution in [3.05, 3.63) is 0 Å². The highest BCUT2D eigenvalue weighted by Gasteiger charge is 2.54. The smallest absolute Gasteiger partial charge is 0.457 e. The Bertz CT molecular complexity index is 414. The monoisotopic (exact) mass is 302 g/mol. The lowest BCUT2D eigenvalue weighted by atomic mass is 9.85. The van der Waals surface area contributed by atoms with Crippen molar-refractivity contribution in [2.24, 2.45) is 5.92 Å². The molecule has 112 valence electrons. The van der Waals surface area contributed by atoms with Gasteiger partial charge in [-0.3, -0.25) is 4.55 Å². The molecule has 2 N–H and O–H groups in total. The van der Waals surface area contributed by atoms with Crippen LogP contribution >= 0.6 is 0 Å². The van der Waals surface area contributed by atoms with Crippen molar-refractivity contribution >= 4 is 16.1 Å². The number of rotatable bonds is 5. The van der Waals surface area contributed by atoms with Gasteiger partial charge in [-0.05, 0) is 38.0 Å². The second-order valence-corrected chi connectivity index (χ2v) is 6.02. The topological polar surface area (TPSA) is 101 Å². The predicted octanol–water partition coefficient (Wildman–Crippen LogP) is 0.951.